The summed E-state index contributed by atoms with van der Waals surface area (Å²) in [5.74, 6) is -0.886. The Kier molecular flexibility index (Phi) is 4.67. The van der Waals surface area contributed by atoms with Crippen LogP contribution in [0.5, 0.6) is 0 Å². The smallest absolute Gasteiger partial charge is 0.338 e. The summed E-state index contributed by atoms with van der Waals surface area (Å²) in [4.78, 5) is 14.9. The lowest BCUT2D eigenvalue weighted by Crippen LogP contribution is -2.30. The van der Waals surface area contributed by atoms with Gasteiger partial charge in [-0.15, -0.1) is 0 Å². The number of nitrogens with zero attached hydrogens (tertiary/aromatic N) is 1. The van der Waals surface area contributed by atoms with E-state index in [2.05, 4.69) is 9.72 Å². The largest absolute Gasteiger partial charge is 0.464 e. The molecule has 0 spiro atoms. The summed E-state index contributed by atoms with van der Waals surface area (Å²) in [6.07, 6.45) is -0.352. The van der Waals surface area contributed by atoms with Gasteiger partial charge in [0.05, 0.1) is 11.6 Å². The van der Waals surface area contributed by atoms with Crippen LogP contribution in [0.4, 0.5) is 0 Å². The zero-order chi connectivity index (χ0) is 12.1. The summed E-state index contributed by atoms with van der Waals surface area (Å²) in [6.45, 7) is 1.74. The van der Waals surface area contributed by atoms with Gasteiger partial charge in [-0.1, -0.05) is 11.6 Å². The number of hydrogen-bond acceptors (Lipinski definition) is 5. The number of carbonyl (C=O) groups excluding carboxylic acids is 1. The molecule has 1 aromatic rings. The normalized spacial score (nSPS) is 14.2. The molecule has 1 aromatic heterocycles. The second-order valence-electron chi connectivity index (χ2n) is 3.04. The van der Waals surface area contributed by atoms with E-state index in [0.717, 1.165) is 0 Å². The third-order valence-electron chi connectivity index (χ3n) is 1.95. The standard InChI is InChI=1S/C10H12ClNO4/c1-2-16-10(15)9(14)8(13)6-3-4-12-5-7(6)11/h3-5,8-9,13-14H,2H2,1H3. The fourth-order valence-electron chi connectivity index (χ4n) is 1.15. The number of hydrogen-bond donors (Lipinski definition) is 2. The maximum absolute atomic E-state index is 11.2. The van der Waals surface area contributed by atoms with Crippen LogP contribution in [0.1, 0.15) is 18.6 Å². The summed E-state index contributed by atoms with van der Waals surface area (Å²) in [5.41, 5.74) is 0.234. The lowest BCUT2D eigenvalue weighted by atomic mass is 10.1. The molecule has 2 unspecified atom stereocenters. The third-order valence-corrected chi connectivity index (χ3v) is 2.27. The Balaban J connectivity index is 2.82. The van der Waals surface area contributed by atoms with E-state index < -0.39 is 18.2 Å². The predicted octanol–water partition coefficient (Wildman–Crippen LogP) is 0.692. The summed E-state index contributed by atoms with van der Waals surface area (Å²) >= 11 is 5.76. The highest BCUT2D eigenvalue weighted by Gasteiger charge is 2.28. The Bertz CT molecular complexity index is 372. The Hall–Kier alpha value is -1.17. The molecule has 1 rings (SSSR count). The van der Waals surface area contributed by atoms with Gasteiger partial charge in [0, 0.05) is 18.0 Å². The molecular formula is C10H12ClNO4. The third kappa shape index (κ3) is 2.91. The molecule has 1 heterocycles. The van der Waals surface area contributed by atoms with Gasteiger partial charge in [-0.2, -0.15) is 0 Å². The van der Waals surface area contributed by atoms with Crippen LogP contribution in [0.15, 0.2) is 18.5 Å². The fraction of sp³-hybridized carbons (Fsp3) is 0.400. The highest BCUT2D eigenvalue weighted by molar-refractivity contribution is 6.31. The summed E-state index contributed by atoms with van der Waals surface area (Å²) in [7, 11) is 0. The van der Waals surface area contributed by atoms with Crippen LogP contribution in [0.2, 0.25) is 5.02 Å². The van der Waals surface area contributed by atoms with E-state index in [-0.39, 0.29) is 17.2 Å². The zero-order valence-corrected chi connectivity index (χ0v) is 9.39. The van der Waals surface area contributed by atoms with Gasteiger partial charge >= 0.3 is 5.97 Å². The first-order valence-electron chi connectivity index (χ1n) is 4.70. The number of rotatable bonds is 4. The van der Waals surface area contributed by atoms with E-state index in [1.807, 2.05) is 0 Å². The van der Waals surface area contributed by atoms with E-state index >= 15 is 0 Å². The Labute approximate surface area is 97.6 Å². The van der Waals surface area contributed by atoms with Gasteiger partial charge in [-0.25, -0.2) is 4.79 Å². The van der Waals surface area contributed by atoms with Crippen molar-refractivity contribution in [3.05, 3.63) is 29.0 Å². The van der Waals surface area contributed by atoms with Crippen molar-refractivity contribution in [3.8, 4) is 0 Å². The van der Waals surface area contributed by atoms with Crippen LogP contribution in [0, 0.1) is 0 Å². The quantitative estimate of drug-likeness (QED) is 0.763. The summed E-state index contributed by atoms with van der Waals surface area (Å²) in [6, 6.07) is 1.43. The Morgan fingerprint density at radius 3 is 2.88 bits per heavy atom. The topological polar surface area (TPSA) is 79.7 Å². The molecule has 0 amide bonds. The maximum atomic E-state index is 11.2. The van der Waals surface area contributed by atoms with Crippen molar-refractivity contribution in [2.75, 3.05) is 6.61 Å². The van der Waals surface area contributed by atoms with Crippen molar-refractivity contribution < 1.29 is 19.7 Å². The number of pyridine rings is 1. The van der Waals surface area contributed by atoms with E-state index in [9.17, 15) is 15.0 Å². The molecule has 0 aliphatic carbocycles. The first-order chi connectivity index (χ1) is 7.57. The molecule has 2 N–H and O–H groups in total. The monoisotopic (exact) mass is 245 g/mol. The van der Waals surface area contributed by atoms with Crippen molar-refractivity contribution in [3.63, 3.8) is 0 Å². The molecule has 0 bridgehead atoms. The first kappa shape index (κ1) is 12.9. The zero-order valence-electron chi connectivity index (χ0n) is 8.63. The SMILES string of the molecule is CCOC(=O)C(O)C(O)c1ccncc1Cl. The second-order valence-corrected chi connectivity index (χ2v) is 3.45. The first-order valence-corrected chi connectivity index (χ1v) is 5.08. The summed E-state index contributed by atoms with van der Waals surface area (Å²) in [5, 5.41) is 19.4. The fourth-order valence-corrected chi connectivity index (χ4v) is 1.38. The van der Waals surface area contributed by atoms with Crippen molar-refractivity contribution >= 4 is 17.6 Å². The molecule has 0 aliphatic heterocycles. The van der Waals surface area contributed by atoms with Gasteiger partial charge in [0.15, 0.2) is 6.10 Å². The van der Waals surface area contributed by atoms with Gasteiger partial charge in [-0.3, -0.25) is 4.98 Å². The lowest BCUT2D eigenvalue weighted by molar-refractivity contribution is -0.159. The number of aliphatic hydroxyl groups is 2. The van der Waals surface area contributed by atoms with Gasteiger partial charge in [0.1, 0.15) is 6.10 Å². The van der Waals surface area contributed by atoms with Crippen LogP contribution < -0.4 is 0 Å². The molecule has 5 nitrogen and oxygen atoms in total. The molecule has 16 heavy (non-hydrogen) atoms. The number of halogens is 1. The number of aliphatic hydroxyl groups excluding tert-OH is 2. The molecule has 0 radical (unpaired) electrons. The molecule has 0 saturated heterocycles. The lowest BCUT2D eigenvalue weighted by Gasteiger charge is -2.17. The van der Waals surface area contributed by atoms with E-state index in [1.54, 1.807) is 6.92 Å². The molecule has 2 atom stereocenters. The van der Waals surface area contributed by atoms with Crippen molar-refractivity contribution in [1.82, 2.24) is 4.98 Å². The Morgan fingerprint density at radius 2 is 2.31 bits per heavy atom. The maximum Gasteiger partial charge on any atom is 0.338 e. The average Bonchev–Trinajstić information content (AvgIpc) is 2.28. The van der Waals surface area contributed by atoms with Gasteiger partial charge in [0.2, 0.25) is 0 Å². The van der Waals surface area contributed by atoms with Crippen LogP contribution in [0.25, 0.3) is 0 Å². The number of aromatic nitrogens is 1. The van der Waals surface area contributed by atoms with E-state index in [1.165, 1.54) is 18.5 Å². The summed E-state index contributed by atoms with van der Waals surface area (Å²) < 4.78 is 4.58. The van der Waals surface area contributed by atoms with Crippen molar-refractivity contribution in [2.24, 2.45) is 0 Å². The van der Waals surface area contributed by atoms with Crippen LogP contribution >= 0.6 is 11.6 Å². The highest BCUT2D eigenvalue weighted by Crippen LogP contribution is 2.24. The molecular weight excluding hydrogens is 234 g/mol. The molecule has 88 valence electrons. The molecule has 0 aliphatic rings. The number of ether oxygens (including phenoxy) is 1. The molecule has 0 aromatic carbocycles. The van der Waals surface area contributed by atoms with E-state index in [4.69, 9.17) is 11.6 Å². The molecule has 0 saturated carbocycles. The second kappa shape index (κ2) is 5.79. The van der Waals surface area contributed by atoms with Gasteiger partial charge < -0.3 is 14.9 Å². The predicted molar refractivity (Wildman–Crippen MR) is 56.8 cm³/mol. The van der Waals surface area contributed by atoms with Crippen molar-refractivity contribution in [1.29, 1.82) is 0 Å². The van der Waals surface area contributed by atoms with Gasteiger partial charge in [-0.05, 0) is 13.0 Å². The molecule has 0 fully saturated rings. The average molecular weight is 246 g/mol. The minimum atomic E-state index is -1.65. The van der Waals surface area contributed by atoms with Crippen LogP contribution in [0.3, 0.4) is 0 Å². The number of carbonyl (C=O) groups is 1. The minimum absolute atomic E-state index is 0.132. The minimum Gasteiger partial charge on any atom is -0.464 e. The Morgan fingerprint density at radius 1 is 1.62 bits per heavy atom. The van der Waals surface area contributed by atoms with Crippen molar-refractivity contribution in [2.45, 2.75) is 19.1 Å². The van der Waals surface area contributed by atoms with Crippen LogP contribution in [-0.2, 0) is 9.53 Å². The van der Waals surface area contributed by atoms with Gasteiger partial charge in [0.25, 0.3) is 0 Å². The molecule has 6 heteroatoms. The number of esters is 1. The van der Waals surface area contributed by atoms with Crippen LogP contribution in [-0.4, -0.2) is 33.9 Å². The highest BCUT2D eigenvalue weighted by atomic mass is 35.5. The van der Waals surface area contributed by atoms with E-state index in [0.29, 0.717) is 0 Å².